The molecule has 0 atom stereocenters. The summed E-state index contributed by atoms with van der Waals surface area (Å²) in [5.41, 5.74) is 0.453. The van der Waals surface area contributed by atoms with Crippen LogP contribution in [0.25, 0.3) is 0 Å². The average Bonchev–Trinajstić information content (AvgIpc) is 2.73. The van der Waals surface area contributed by atoms with Gasteiger partial charge in [-0.2, -0.15) is 0 Å². The van der Waals surface area contributed by atoms with E-state index in [0.717, 1.165) is 36.1 Å². The third-order valence-electron chi connectivity index (χ3n) is 4.93. The predicted octanol–water partition coefficient (Wildman–Crippen LogP) is 1.37. The Balaban J connectivity index is 1.50. The lowest BCUT2D eigenvalue weighted by Gasteiger charge is -2.32. The van der Waals surface area contributed by atoms with E-state index in [4.69, 9.17) is 0 Å². The van der Waals surface area contributed by atoms with Gasteiger partial charge in [0.25, 0.3) is 5.91 Å². The number of carbonyl (C=O) groups is 1. The molecule has 1 aromatic heterocycles. The van der Waals surface area contributed by atoms with Gasteiger partial charge in [0.05, 0.1) is 11.1 Å². The molecule has 0 radical (unpaired) electrons. The van der Waals surface area contributed by atoms with E-state index < -0.39 is 10.0 Å². The summed E-state index contributed by atoms with van der Waals surface area (Å²) in [4.78, 5) is 23.2. The van der Waals surface area contributed by atoms with Crippen molar-refractivity contribution in [2.75, 3.05) is 38.6 Å². The van der Waals surface area contributed by atoms with E-state index in [1.807, 2.05) is 0 Å². The van der Waals surface area contributed by atoms with E-state index in [1.165, 1.54) is 26.2 Å². The van der Waals surface area contributed by atoms with Gasteiger partial charge in [-0.25, -0.2) is 17.7 Å². The number of hydrogen-bond acceptors (Lipinski definition) is 6. The lowest BCUT2D eigenvalue weighted by atomic mass is 9.96. The van der Waals surface area contributed by atoms with E-state index >= 15 is 0 Å². The summed E-state index contributed by atoms with van der Waals surface area (Å²) in [5, 5.41) is 2.96. The predicted molar refractivity (Wildman–Crippen MR) is 107 cm³/mol. The topological polar surface area (TPSA) is 95.5 Å². The Kier molecular flexibility index (Phi) is 6.25. The first-order valence-corrected chi connectivity index (χ1v) is 10.6. The van der Waals surface area contributed by atoms with Crippen LogP contribution in [0.4, 0.5) is 5.82 Å². The van der Waals surface area contributed by atoms with Crippen LogP contribution < -0.4 is 10.2 Å². The Bertz CT molecular complexity index is 893. The second kappa shape index (κ2) is 8.66. The summed E-state index contributed by atoms with van der Waals surface area (Å²) in [6.45, 7) is 2.37. The number of amides is 1. The van der Waals surface area contributed by atoms with Crippen LogP contribution in [0, 0.1) is 5.92 Å². The molecule has 150 valence electrons. The summed E-state index contributed by atoms with van der Waals surface area (Å²) in [5.74, 6) is 1.10. The van der Waals surface area contributed by atoms with Gasteiger partial charge in [-0.15, -0.1) is 0 Å². The molecule has 0 saturated carbocycles. The van der Waals surface area contributed by atoms with E-state index in [-0.39, 0.29) is 10.8 Å². The summed E-state index contributed by atoms with van der Waals surface area (Å²) in [6, 6.07) is 6.01. The number of hydrogen-bond donors (Lipinski definition) is 1. The molecule has 0 spiro atoms. The van der Waals surface area contributed by atoms with E-state index in [1.54, 1.807) is 30.7 Å². The fraction of sp³-hybridized carbons (Fsp3) is 0.421. The van der Waals surface area contributed by atoms with Gasteiger partial charge in [0.15, 0.2) is 0 Å². The molecule has 0 aliphatic carbocycles. The maximum Gasteiger partial charge on any atom is 0.251 e. The fourth-order valence-corrected chi connectivity index (χ4v) is 4.05. The molecule has 28 heavy (non-hydrogen) atoms. The SMILES string of the molecule is CN(C)S(=O)(=O)c1ccc(C(=O)NCC2CCN(c3cnccn3)CC2)cc1. The molecule has 3 rings (SSSR count). The number of carbonyl (C=O) groups excluding carboxylic acids is 1. The molecule has 2 aromatic rings. The summed E-state index contributed by atoms with van der Waals surface area (Å²) in [6.07, 6.45) is 7.06. The molecule has 1 saturated heterocycles. The van der Waals surface area contributed by atoms with Crippen molar-refractivity contribution in [3.63, 3.8) is 0 Å². The van der Waals surface area contributed by atoms with Crippen LogP contribution in [0.5, 0.6) is 0 Å². The first-order chi connectivity index (χ1) is 13.4. The van der Waals surface area contributed by atoms with Gasteiger partial charge in [-0.1, -0.05) is 0 Å². The summed E-state index contributed by atoms with van der Waals surface area (Å²) < 4.78 is 25.3. The number of piperidine rings is 1. The number of sulfonamides is 1. The van der Waals surface area contributed by atoms with Crippen molar-refractivity contribution < 1.29 is 13.2 Å². The van der Waals surface area contributed by atoms with Crippen LogP contribution in [-0.2, 0) is 10.0 Å². The second-order valence-electron chi connectivity index (χ2n) is 7.02. The first-order valence-electron chi connectivity index (χ1n) is 9.19. The Morgan fingerprint density at radius 1 is 1.18 bits per heavy atom. The number of rotatable bonds is 6. The zero-order chi connectivity index (χ0) is 20.1. The van der Waals surface area contributed by atoms with Crippen LogP contribution in [-0.4, -0.2) is 62.3 Å². The molecule has 1 aliphatic heterocycles. The minimum Gasteiger partial charge on any atom is -0.355 e. The highest BCUT2D eigenvalue weighted by Crippen LogP contribution is 2.20. The van der Waals surface area contributed by atoms with Crippen LogP contribution in [0.3, 0.4) is 0 Å². The quantitative estimate of drug-likeness (QED) is 0.783. The molecule has 0 bridgehead atoms. The number of nitrogens with one attached hydrogen (secondary N) is 1. The van der Waals surface area contributed by atoms with Gasteiger partial charge in [0, 0.05) is 51.7 Å². The maximum atomic E-state index is 12.4. The van der Waals surface area contributed by atoms with E-state index in [2.05, 4.69) is 20.2 Å². The minimum absolute atomic E-state index is 0.172. The maximum absolute atomic E-state index is 12.4. The number of benzene rings is 1. The monoisotopic (exact) mass is 403 g/mol. The largest absolute Gasteiger partial charge is 0.355 e. The molecule has 9 heteroatoms. The highest BCUT2D eigenvalue weighted by Gasteiger charge is 2.21. The summed E-state index contributed by atoms with van der Waals surface area (Å²) >= 11 is 0. The van der Waals surface area contributed by atoms with Gasteiger partial charge in [-0.05, 0) is 43.0 Å². The molecule has 1 aliphatic rings. The van der Waals surface area contributed by atoms with Crippen molar-refractivity contribution in [1.82, 2.24) is 19.6 Å². The minimum atomic E-state index is -3.49. The zero-order valence-electron chi connectivity index (χ0n) is 16.1. The van der Waals surface area contributed by atoms with Gasteiger partial charge in [0.1, 0.15) is 5.82 Å². The Labute approximate surface area is 165 Å². The van der Waals surface area contributed by atoms with Crippen molar-refractivity contribution in [2.45, 2.75) is 17.7 Å². The molecule has 8 nitrogen and oxygen atoms in total. The molecular weight excluding hydrogens is 378 g/mol. The highest BCUT2D eigenvalue weighted by molar-refractivity contribution is 7.89. The molecule has 1 N–H and O–H groups in total. The average molecular weight is 404 g/mol. The van der Waals surface area contributed by atoms with Gasteiger partial charge < -0.3 is 10.2 Å². The number of aromatic nitrogens is 2. The standard InChI is InChI=1S/C19H25N5O3S/c1-23(2)28(26,27)17-5-3-16(4-6-17)19(25)22-13-15-7-11-24(12-8-15)18-14-20-9-10-21-18/h3-6,9-10,14-15H,7-8,11-13H2,1-2H3,(H,22,25). The fourth-order valence-electron chi connectivity index (χ4n) is 3.15. The van der Waals surface area contributed by atoms with Crippen LogP contribution in [0.2, 0.25) is 0 Å². The first kappa shape index (κ1) is 20.2. The number of anilines is 1. The van der Waals surface area contributed by atoms with Crippen molar-refractivity contribution >= 4 is 21.7 Å². The third kappa shape index (κ3) is 4.66. The van der Waals surface area contributed by atoms with Crippen LogP contribution in [0.1, 0.15) is 23.2 Å². The Hall–Kier alpha value is -2.52. The van der Waals surface area contributed by atoms with Crippen molar-refractivity contribution in [3.05, 3.63) is 48.4 Å². The van der Waals surface area contributed by atoms with Crippen molar-refractivity contribution in [3.8, 4) is 0 Å². The van der Waals surface area contributed by atoms with Crippen molar-refractivity contribution in [1.29, 1.82) is 0 Å². The van der Waals surface area contributed by atoms with E-state index in [9.17, 15) is 13.2 Å². The molecule has 0 unspecified atom stereocenters. The van der Waals surface area contributed by atoms with Crippen LogP contribution in [0.15, 0.2) is 47.8 Å². The third-order valence-corrected chi connectivity index (χ3v) is 6.76. The zero-order valence-corrected chi connectivity index (χ0v) is 16.9. The Morgan fingerprint density at radius 3 is 2.43 bits per heavy atom. The van der Waals surface area contributed by atoms with Gasteiger partial charge >= 0.3 is 0 Å². The molecule has 1 amide bonds. The second-order valence-corrected chi connectivity index (χ2v) is 9.17. The van der Waals surface area contributed by atoms with Crippen LogP contribution >= 0.6 is 0 Å². The van der Waals surface area contributed by atoms with E-state index in [0.29, 0.717) is 18.0 Å². The molecule has 1 aromatic carbocycles. The number of nitrogens with zero attached hydrogens (tertiary/aromatic N) is 4. The lowest BCUT2D eigenvalue weighted by molar-refractivity contribution is 0.0945. The van der Waals surface area contributed by atoms with Gasteiger partial charge in [0.2, 0.25) is 10.0 Å². The molecular formula is C19H25N5O3S. The smallest absolute Gasteiger partial charge is 0.251 e. The lowest BCUT2D eigenvalue weighted by Crippen LogP contribution is -2.39. The highest BCUT2D eigenvalue weighted by atomic mass is 32.2. The normalized spacial score (nSPS) is 15.6. The molecule has 2 heterocycles. The Morgan fingerprint density at radius 2 is 1.86 bits per heavy atom. The van der Waals surface area contributed by atoms with Gasteiger partial charge in [-0.3, -0.25) is 9.78 Å². The summed E-state index contributed by atoms with van der Waals surface area (Å²) in [7, 11) is -0.534. The van der Waals surface area contributed by atoms with Crippen molar-refractivity contribution in [2.24, 2.45) is 5.92 Å². The molecule has 1 fully saturated rings.